The smallest absolute Gasteiger partial charge is 0.343 e. The Morgan fingerprint density at radius 2 is 1.94 bits per heavy atom. The van der Waals surface area contributed by atoms with Crippen LogP contribution in [0.4, 0.5) is 0 Å². The summed E-state index contributed by atoms with van der Waals surface area (Å²) >= 11 is 0. The normalized spacial score (nSPS) is 21.4. The molecular formula is C28H34O3. The van der Waals surface area contributed by atoms with Crippen molar-refractivity contribution in [3.05, 3.63) is 70.8 Å². The summed E-state index contributed by atoms with van der Waals surface area (Å²) in [5, 5.41) is 0. The van der Waals surface area contributed by atoms with Crippen LogP contribution in [-0.2, 0) is 6.42 Å². The van der Waals surface area contributed by atoms with Crippen molar-refractivity contribution in [2.45, 2.75) is 77.7 Å². The van der Waals surface area contributed by atoms with Crippen molar-refractivity contribution >= 4 is 5.97 Å². The van der Waals surface area contributed by atoms with Crippen molar-refractivity contribution in [2.24, 2.45) is 5.92 Å². The third kappa shape index (κ3) is 4.56. The van der Waals surface area contributed by atoms with Crippen LogP contribution in [0, 0.1) is 5.92 Å². The first-order valence-electron chi connectivity index (χ1n) is 11.7. The van der Waals surface area contributed by atoms with Gasteiger partial charge in [-0.2, -0.15) is 0 Å². The molecule has 0 saturated carbocycles. The standard InChI is InChI=1S/C28H34O3/c1-5-6-8-11-20-17-24(30-27(29)21-12-9-7-10-13-21)26-22-16-19(2)14-15-23(22)28(3,4)31-25(26)18-20/h7,9-10,12-13,16-18,22-23H,5-6,8,11,14-15H2,1-4H3/t22-,23-/m1/s1. The van der Waals surface area contributed by atoms with E-state index in [0.29, 0.717) is 17.2 Å². The van der Waals surface area contributed by atoms with Crippen LogP contribution in [0.15, 0.2) is 54.1 Å². The van der Waals surface area contributed by atoms with Crippen LogP contribution >= 0.6 is 0 Å². The number of carbonyl (C=O) groups is 1. The Morgan fingerprint density at radius 1 is 1.16 bits per heavy atom. The Hall–Kier alpha value is -2.55. The Kier molecular flexibility index (Phi) is 6.22. The predicted octanol–water partition coefficient (Wildman–Crippen LogP) is 7.25. The van der Waals surface area contributed by atoms with E-state index in [1.807, 2.05) is 18.2 Å². The van der Waals surface area contributed by atoms with E-state index in [4.69, 9.17) is 9.47 Å². The number of hydrogen-bond acceptors (Lipinski definition) is 3. The summed E-state index contributed by atoms with van der Waals surface area (Å²) < 4.78 is 12.6. The first-order chi connectivity index (χ1) is 14.9. The number of rotatable bonds is 6. The molecule has 0 N–H and O–H groups in total. The molecule has 2 atom stereocenters. The summed E-state index contributed by atoms with van der Waals surface area (Å²) in [6, 6.07) is 13.5. The van der Waals surface area contributed by atoms with Gasteiger partial charge in [0.1, 0.15) is 17.1 Å². The zero-order valence-corrected chi connectivity index (χ0v) is 19.2. The molecule has 3 nitrogen and oxygen atoms in total. The van der Waals surface area contributed by atoms with Crippen LogP contribution < -0.4 is 9.47 Å². The number of hydrogen-bond donors (Lipinski definition) is 0. The molecule has 0 saturated heterocycles. The van der Waals surface area contributed by atoms with Gasteiger partial charge in [0.15, 0.2) is 0 Å². The van der Waals surface area contributed by atoms with E-state index in [1.54, 1.807) is 12.1 Å². The van der Waals surface area contributed by atoms with Gasteiger partial charge in [0.25, 0.3) is 0 Å². The lowest BCUT2D eigenvalue weighted by molar-refractivity contribution is 0.0106. The average Bonchev–Trinajstić information content (AvgIpc) is 2.73. The Morgan fingerprint density at radius 3 is 2.68 bits per heavy atom. The molecule has 0 radical (unpaired) electrons. The van der Waals surface area contributed by atoms with Gasteiger partial charge >= 0.3 is 5.97 Å². The highest BCUT2D eigenvalue weighted by atomic mass is 16.5. The second kappa shape index (κ2) is 8.90. The van der Waals surface area contributed by atoms with Gasteiger partial charge in [-0.1, -0.05) is 49.6 Å². The fourth-order valence-electron chi connectivity index (χ4n) is 5.10. The van der Waals surface area contributed by atoms with Crippen molar-refractivity contribution in [1.29, 1.82) is 0 Å². The molecule has 4 rings (SSSR count). The molecule has 0 unspecified atom stereocenters. The molecular weight excluding hydrogens is 384 g/mol. The van der Waals surface area contributed by atoms with Gasteiger partial charge in [-0.15, -0.1) is 0 Å². The van der Waals surface area contributed by atoms with E-state index in [1.165, 1.54) is 24.0 Å². The topological polar surface area (TPSA) is 35.5 Å². The van der Waals surface area contributed by atoms with Crippen LogP contribution in [0.25, 0.3) is 0 Å². The van der Waals surface area contributed by atoms with E-state index in [-0.39, 0.29) is 17.5 Å². The minimum Gasteiger partial charge on any atom is -0.487 e. The van der Waals surface area contributed by atoms with Gasteiger partial charge in [0.05, 0.1) is 5.56 Å². The van der Waals surface area contributed by atoms with Crippen molar-refractivity contribution < 1.29 is 14.3 Å². The Balaban J connectivity index is 1.78. The van der Waals surface area contributed by atoms with E-state index < -0.39 is 0 Å². The summed E-state index contributed by atoms with van der Waals surface area (Å²) in [5.41, 5.74) is 3.92. The summed E-state index contributed by atoms with van der Waals surface area (Å²) in [7, 11) is 0. The number of unbranched alkanes of at least 4 members (excludes halogenated alkanes) is 2. The summed E-state index contributed by atoms with van der Waals surface area (Å²) in [6.07, 6.45) is 9.00. The first kappa shape index (κ1) is 21.7. The monoisotopic (exact) mass is 418 g/mol. The van der Waals surface area contributed by atoms with Gasteiger partial charge in [-0.05, 0) is 76.3 Å². The molecule has 0 amide bonds. The lowest BCUT2D eigenvalue weighted by atomic mass is 9.68. The molecule has 2 aromatic carbocycles. The van der Waals surface area contributed by atoms with Crippen LogP contribution in [0.2, 0.25) is 0 Å². The number of allylic oxidation sites excluding steroid dienone is 2. The van der Waals surface area contributed by atoms with Crippen LogP contribution in [0.5, 0.6) is 11.5 Å². The third-order valence-corrected chi connectivity index (χ3v) is 6.79. The number of fused-ring (bicyclic) bond motifs is 3. The van der Waals surface area contributed by atoms with Gasteiger partial charge in [-0.3, -0.25) is 0 Å². The molecule has 0 fully saturated rings. The number of ether oxygens (including phenoxy) is 2. The Bertz CT molecular complexity index is 971. The zero-order valence-electron chi connectivity index (χ0n) is 19.2. The minimum absolute atomic E-state index is 0.204. The number of benzene rings is 2. The molecule has 2 aromatic rings. The van der Waals surface area contributed by atoms with E-state index in [0.717, 1.165) is 37.0 Å². The molecule has 2 aliphatic rings. The van der Waals surface area contributed by atoms with Crippen molar-refractivity contribution in [1.82, 2.24) is 0 Å². The second-order valence-corrected chi connectivity index (χ2v) is 9.61. The average molecular weight is 419 g/mol. The molecule has 0 spiro atoms. The lowest BCUT2D eigenvalue weighted by Gasteiger charge is -2.46. The fourth-order valence-corrected chi connectivity index (χ4v) is 5.10. The summed E-state index contributed by atoms with van der Waals surface area (Å²) in [4.78, 5) is 12.9. The number of esters is 1. The van der Waals surface area contributed by atoms with Gasteiger partial charge < -0.3 is 9.47 Å². The molecule has 31 heavy (non-hydrogen) atoms. The largest absolute Gasteiger partial charge is 0.487 e. The highest BCUT2D eigenvalue weighted by Crippen LogP contribution is 2.53. The van der Waals surface area contributed by atoms with E-state index >= 15 is 0 Å². The van der Waals surface area contributed by atoms with Crippen molar-refractivity contribution in [3.8, 4) is 11.5 Å². The maximum Gasteiger partial charge on any atom is 0.343 e. The number of carbonyl (C=O) groups excluding carboxylic acids is 1. The quantitative estimate of drug-likeness (QED) is 0.214. The molecule has 3 heteroatoms. The Labute approximate surface area is 186 Å². The SMILES string of the molecule is CCCCCc1cc(OC(=O)c2ccccc2)c2c(c1)OC(C)(C)[C@@H]1CCC(C)=C[C@@H]21. The van der Waals surface area contributed by atoms with E-state index in [2.05, 4.69) is 45.9 Å². The summed E-state index contributed by atoms with van der Waals surface area (Å²) in [6.45, 7) is 8.81. The van der Waals surface area contributed by atoms with E-state index in [9.17, 15) is 4.79 Å². The number of aryl methyl sites for hydroxylation is 1. The molecule has 1 aliphatic heterocycles. The first-order valence-corrected chi connectivity index (χ1v) is 11.7. The van der Waals surface area contributed by atoms with Crippen LogP contribution in [0.1, 0.15) is 87.2 Å². The third-order valence-electron chi connectivity index (χ3n) is 6.79. The zero-order chi connectivity index (χ0) is 22.0. The highest BCUT2D eigenvalue weighted by molar-refractivity contribution is 5.91. The van der Waals surface area contributed by atoms with Gasteiger partial charge in [0, 0.05) is 17.4 Å². The molecule has 0 aromatic heterocycles. The van der Waals surface area contributed by atoms with Gasteiger partial charge in [-0.25, -0.2) is 4.79 Å². The molecule has 1 heterocycles. The van der Waals surface area contributed by atoms with Gasteiger partial charge in [0.2, 0.25) is 0 Å². The van der Waals surface area contributed by atoms with Crippen LogP contribution in [0.3, 0.4) is 0 Å². The second-order valence-electron chi connectivity index (χ2n) is 9.61. The molecule has 1 aliphatic carbocycles. The summed E-state index contributed by atoms with van der Waals surface area (Å²) in [5.74, 6) is 1.79. The molecule has 0 bridgehead atoms. The minimum atomic E-state index is -0.314. The fraction of sp³-hybridized carbons (Fsp3) is 0.464. The highest BCUT2D eigenvalue weighted by Gasteiger charge is 2.45. The molecule has 164 valence electrons. The van der Waals surface area contributed by atoms with Crippen molar-refractivity contribution in [2.75, 3.05) is 0 Å². The maximum atomic E-state index is 12.9. The van der Waals surface area contributed by atoms with Crippen molar-refractivity contribution in [3.63, 3.8) is 0 Å². The predicted molar refractivity (Wildman–Crippen MR) is 125 cm³/mol. The lowest BCUT2D eigenvalue weighted by Crippen LogP contribution is -2.45. The maximum absolute atomic E-state index is 12.9. The van der Waals surface area contributed by atoms with Crippen LogP contribution in [-0.4, -0.2) is 11.6 Å².